The molecule has 0 saturated heterocycles. The lowest BCUT2D eigenvalue weighted by molar-refractivity contribution is 0.414. The number of methoxy groups -OCH3 is 1. The summed E-state index contributed by atoms with van der Waals surface area (Å²) in [5, 5.41) is 3.51. The Bertz CT molecular complexity index is 523. The van der Waals surface area contributed by atoms with Crippen LogP contribution in [0.1, 0.15) is 29.7 Å². The maximum absolute atomic E-state index is 5.21. The molecule has 1 unspecified atom stereocenters. The fourth-order valence-corrected chi connectivity index (χ4v) is 2.19. The molecule has 1 N–H and O–H groups in total. The van der Waals surface area contributed by atoms with Crippen LogP contribution in [0.15, 0.2) is 42.7 Å². The van der Waals surface area contributed by atoms with Gasteiger partial charge in [-0.25, -0.2) is 0 Å². The van der Waals surface area contributed by atoms with Crippen LogP contribution in [0.2, 0.25) is 0 Å². The summed E-state index contributed by atoms with van der Waals surface area (Å²) in [5.41, 5.74) is 3.69. The largest absolute Gasteiger partial charge is 0.497 e. The molecule has 1 aromatic heterocycles. The molecule has 0 amide bonds. The number of aryl methyl sites for hydroxylation is 1. The number of rotatable bonds is 5. The second-order valence-electron chi connectivity index (χ2n) is 4.50. The minimum Gasteiger partial charge on any atom is -0.497 e. The molecule has 2 rings (SSSR count). The first-order valence-corrected chi connectivity index (χ1v) is 6.54. The lowest BCUT2D eigenvalue weighted by Gasteiger charge is -2.20. The van der Waals surface area contributed by atoms with E-state index in [-0.39, 0.29) is 6.04 Å². The first-order valence-electron chi connectivity index (χ1n) is 6.54. The Labute approximate surface area is 114 Å². The van der Waals surface area contributed by atoms with Gasteiger partial charge in [-0.15, -0.1) is 0 Å². The molecule has 0 fully saturated rings. The Morgan fingerprint density at radius 3 is 2.53 bits per heavy atom. The van der Waals surface area contributed by atoms with Crippen molar-refractivity contribution >= 4 is 0 Å². The highest BCUT2D eigenvalue weighted by Crippen LogP contribution is 2.25. The van der Waals surface area contributed by atoms with E-state index in [1.807, 2.05) is 30.6 Å². The van der Waals surface area contributed by atoms with E-state index in [1.54, 1.807) is 7.11 Å². The van der Waals surface area contributed by atoms with Gasteiger partial charge in [0.2, 0.25) is 0 Å². The molecule has 3 heteroatoms. The molecular weight excluding hydrogens is 236 g/mol. The highest BCUT2D eigenvalue weighted by molar-refractivity contribution is 5.37. The van der Waals surface area contributed by atoms with Crippen LogP contribution >= 0.6 is 0 Å². The zero-order valence-electron chi connectivity index (χ0n) is 11.7. The Morgan fingerprint density at radius 1 is 1.21 bits per heavy atom. The predicted octanol–water partition coefficient (Wildman–Crippen LogP) is 3.10. The first kappa shape index (κ1) is 13.6. The molecular formula is C16H20N2O. The number of nitrogens with zero attached hydrogens (tertiary/aromatic N) is 1. The van der Waals surface area contributed by atoms with Crippen molar-refractivity contribution in [1.29, 1.82) is 0 Å². The molecule has 1 aromatic carbocycles. The lowest BCUT2D eigenvalue weighted by Crippen LogP contribution is -2.22. The van der Waals surface area contributed by atoms with Crippen molar-refractivity contribution in [2.45, 2.75) is 19.9 Å². The first-order chi connectivity index (χ1) is 9.26. The highest BCUT2D eigenvalue weighted by atomic mass is 16.5. The van der Waals surface area contributed by atoms with Crippen molar-refractivity contribution in [2.75, 3.05) is 13.7 Å². The van der Waals surface area contributed by atoms with Gasteiger partial charge in [-0.2, -0.15) is 0 Å². The van der Waals surface area contributed by atoms with E-state index in [0.29, 0.717) is 0 Å². The fourth-order valence-electron chi connectivity index (χ4n) is 2.19. The number of aromatic nitrogens is 1. The van der Waals surface area contributed by atoms with E-state index < -0.39 is 0 Å². The van der Waals surface area contributed by atoms with Gasteiger partial charge in [0.25, 0.3) is 0 Å². The number of hydrogen-bond donors (Lipinski definition) is 1. The van der Waals surface area contributed by atoms with Gasteiger partial charge in [0.1, 0.15) is 5.75 Å². The molecule has 0 aliphatic carbocycles. The molecule has 2 aromatic rings. The van der Waals surface area contributed by atoms with Crippen LogP contribution in [0.25, 0.3) is 0 Å². The van der Waals surface area contributed by atoms with Gasteiger partial charge in [0.15, 0.2) is 0 Å². The molecule has 0 aliphatic rings. The maximum Gasteiger partial charge on any atom is 0.118 e. The molecule has 1 atom stereocenters. The van der Waals surface area contributed by atoms with Crippen molar-refractivity contribution in [2.24, 2.45) is 0 Å². The van der Waals surface area contributed by atoms with E-state index in [0.717, 1.165) is 12.3 Å². The van der Waals surface area contributed by atoms with Gasteiger partial charge in [0.05, 0.1) is 13.2 Å². The van der Waals surface area contributed by atoms with Crippen molar-refractivity contribution in [1.82, 2.24) is 10.3 Å². The van der Waals surface area contributed by atoms with E-state index in [1.165, 1.54) is 16.7 Å². The Balaban J connectivity index is 2.36. The molecule has 1 heterocycles. The molecule has 100 valence electrons. The smallest absolute Gasteiger partial charge is 0.118 e. The van der Waals surface area contributed by atoms with Crippen LogP contribution < -0.4 is 10.1 Å². The summed E-state index contributed by atoms with van der Waals surface area (Å²) in [6.45, 7) is 5.14. The molecule has 0 saturated carbocycles. The molecule has 0 spiro atoms. The number of nitrogens with one attached hydrogen (secondary N) is 1. The molecule has 19 heavy (non-hydrogen) atoms. The van der Waals surface area contributed by atoms with Gasteiger partial charge in [-0.05, 0) is 48.4 Å². The van der Waals surface area contributed by atoms with Crippen LogP contribution in [-0.2, 0) is 0 Å². The standard InChI is InChI=1S/C16H20N2O/c1-4-18-16(15-11-17-10-9-12(15)2)13-5-7-14(19-3)8-6-13/h5-11,16,18H,4H2,1-3H3. The van der Waals surface area contributed by atoms with Gasteiger partial charge in [-0.1, -0.05) is 19.1 Å². The van der Waals surface area contributed by atoms with Crippen molar-refractivity contribution in [3.8, 4) is 5.75 Å². The second-order valence-corrected chi connectivity index (χ2v) is 4.50. The SMILES string of the molecule is CCNC(c1ccc(OC)cc1)c1cnccc1C. The van der Waals surface area contributed by atoms with E-state index in [2.05, 4.69) is 36.3 Å². The van der Waals surface area contributed by atoms with Crippen LogP contribution in [0, 0.1) is 6.92 Å². The zero-order chi connectivity index (χ0) is 13.7. The van der Waals surface area contributed by atoms with E-state index in [4.69, 9.17) is 4.74 Å². The van der Waals surface area contributed by atoms with Crippen LogP contribution in [0.4, 0.5) is 0 Å². The lowest BCUT2D eigenvalue weighted by atomic mass is 9.96. The Kier molecular flexibility index (Phi) is 4.53. The summed E-state index contributed by atoms with van der Waals surface area (Å²) >= 11 is 0. The maximum atomic E-state index is 5.21. The van der Waals surface area contributed by atoms with Crippen molar-refractivity contribution < 1.29 is 4.74 Å². The summed E-state index contributed by atoms with van der Waals surface area (Å²) in [6, 6.07) is 10.4. The van der Waals surface area contributed by atoms with Crippen molar-refractivity contribution in [3.63, 3.8) is 0 Å². The highest BCUT2D eigenvalue weighted by Gasteiger charge is 2.15. The average molecular weight is 256 g/mol. The van der Waals surface area contributed by atoms with Gasteiger partial charge in [0, 0.05) is 12.4 Å². The fraction of sp³-hybridized carbons (Fsp3) is 0.312. The molecule has 3 nitrogen and oxygen atoms in total. The number of ether oxygens (including phenoxy) is 1. The minimum absolute atomic E-state index is 0.171. The van der Waals surface area contributed by atoms with Gasteiger partial charge in [-0.3, -0.25) is 4.98 Å². The third kappa shape index (κ3) is 3.12. The van der Waals surface area contributed by atoms with E-state index in [9.17, 15) is 0 Å². The summed E-state index contributed by atoms with van der Waals surface area (Å²) < 4.78 is 5.21. The summed E-state index contributed by atoms with van der Waals surface area (Å²) in [5.74, 6) is 0.877. The normalized spacial score (nSPS) is 12.2. The summed E-state index contributed by atoms with van der Waals surface area (Å²) in [6.07, 6.45) is 3.77. The second kappa shape index (κ2) is 6.34. The van der Waals surface area contributed by atoms with Gasteiger partial charge >= 0.3 is 0 Å². The van der Waals surface area contributed by atoms with Crippen LogP contribution in [-0.4, -0.2) is 18.6 Å². The van der Waals surface area contributed by atoms with Crippen molar-refractivity contribution in [3.05, 3.63) is 59.4 Å². The topological polar surface area (TPSA) is 34.1 Å². The predicted molar refractivity (Wildman–Crippen MR) is 77.5 cm³/mol. The third-order valence-corrected chi connectivity index (χ3v) is 3.25. The Morgan fingerprint density at radius 2 is 1.95 bits per heavy atom. The van der Waals surface area contributed by atoms with Crippen LogP contribution in [0.5, 0.6) is 5.75 Å². The number of benzene rings is 1. The monoisotopic (exact) mass is 256 g/mol. The molecule has 0 radical (unpaired) electrons. The summed E-state index contributed by atoms with van der Waals surface area (Å²) in [4.78, 5) is 4.24. The summed E-state index contributed by atoms with van der Waals surface area (Å²) in [7, 11) is 1.68. The van der Waals surface area contributed by atoms with Crippen LogP contribution in [0.3, 0.4) is 0 Å². The number of hydrogen-bond acceptors (Lipinski definition) is 3. The third-order valence-electron chi connectivity index (χ3n) is 3.25. The Hall–Kier alpha value is -1.87. The average Bonchev–Trinajstić information content (AvgIpc) is 2.46. The quantitative estimate of drug-likeness (QED) is 0.892. The number of pyridine rings is 1. The minimum atomic E-state index is 0.171. The molecule has 0 bridgehead atoms. The zero-order valence-corrected chi connectivity index (χ0v) is 11.7. The molecule has 0 aliphatic heterocycles. The van der Waals surface area contributed by atoms with Gasteiger partial charge < -0.3 is 10.1 Å². The van der Waals surface area contributed by atoms with E-state index >= 15 is 0 Å².